The molecule has 26 heavy (non-hydrogen) atoms. The van der Waals surface area contributed by atoms with Crippen LogP contribution in [-0.2, 0) is 15.9 Å². The maximum absolute atomic E-state index is 6.16. The SMILES string of the molecule is COCOc1cc(C2CC2)ccc1-c1nnc(N)c2c1CC1CCC2O1. The van der Waals surface area contributed by atoms with Gasteiger partial charge in [0.2, 0.25) is 0 Å². The summed E-state index contributed by atoms with van der Waals surface area (Å²) in [6, 6.07) is 6.42. The molecule has 0 amide bonds. The van der Waals surface area contributed by atoms with Gasteiger partial charge in [0.1, 0.15) is 11.4 Å². The number of anilines is 1. The van der Waals surface area contributed by atoms with Crippen molar-refractivity contribution in [2.75, 3.05) is 19.6 Å². The molecule has 2 fully saturated rings. The molecule has 2 atom stereocenters. The lowest BCUT2D eigenvalue weighted by Crippen LogP contribution is -2.21. The summed E-state index contributed by atoms with van der Waals surface area (Å²) in [5.74, 6) is 1.95. The van der Waals surface area contributed by atoms with Crippen molar-refractivity contribution >= 4 is 5.82 Å². The smallest absolute Gasteiger partial charge is 0.188 e. The number of rotatable bonds is 5. The molecule has 3 heterocycles. The van der Waals surface area contributed by atoms with Crippen LogP contribution in [0.15, 0.2) is 18.2 Å². The van der Waals surface area contributed by atoms with Crippen LogP contribution in [0.1, 0.15) is 54.4 Å². The number of nitrogens with two attached hydrogens (primary N) is 1. The van der Waals surface area contributed by atoms with Crippen LogP contribution < -0.4 is 10.5 Å². The molecule has 0 radical (unpaired) electrons. The summed E-state index contributed by atoms with van der Waals surface area (Å²) < 4.78 is 17.1. The van der Waals surface area contributed by atoms with E-state index in [1.165, 1.54) is 18.4 Å². The maximum Gasteiger partial charge on any atom is 0.188 e. The quantitative estimate of drug-likeness (QED) is 0.830. The van der Waals surface area contributed by atoms with Crippen molar-refractivity contribution in [3.63, 3.8) is 0 Å². The van der Waals surface area contributed by atoms with E-state index in [1.54, 1.807) is 7.11 Å². The van der Waals surface area contributed by atoms with E-state index < -0.39 is 0 Å². The van der Waals surface area contributed by atoms with Crippen LogP contribution in [0.25, 0.3) is 11.3 Å². The van der Waals surface area contributed by atoms with Crippen LogP contribution in [0.2, 0.25) is 0 Å². The fraction of sp³-hybridized carbons (Fsp3) is 0.500. The van der Waals surface area contributed by atoms with Gasteiger partial charge in [-0.1, -0.05) is 6.07 Å². The molecule has 2 aliphatic heterocycles. The molecule has 136 valence electrons. The molecule has 0 spiro atoms. The molecular weight excluding hydrogens is 330 g/mol. The number of nitrogens with zero attached hydrogens (tertiary/aromatic N) is 2. The van der Waals surface area contributed by atoms with Crippen molar-refractivity contribution in [2.45, 2.75) is 50.2 Å². The number of hydrogen-bond acceptors (Lipinski definition) is 6. The first kappa shape index (κ1) is 16.0. The van der Waals surface area contributed by atoms with Gasteiger partial charge < -0.3 is 19.9 Å². The Morgan fingerprint density at radius 3 is 2.88 bits per heavy atom. The largest absolute Gasteiger partial charge is 0.467 e. The summed E-state index contributed by atoms with van der Waals surface area (Å²) in [7, 11) is 1.63. The second-order valence-electron chi connectivity index (χ2n) is 7.44. The summed E-state index contributed by atoms with van der Waals surface area (Å²) in [6.45, 7) is 0.208. The molecule has 1 aromatic heterocycles. The molecule has 1 saturated carbocycles. The molecule has 3 aliphatic rings. The van der Waals surface area contributed by atoms with Gasteiger partial charge in [0.25, 0.3) is 0 Å². The second-order valence-corrected chi connectivity index (χ2v) is 7.44. The number of aromatic nitrogens is 2. The number of hydrogen-bond donors (Lipinski definition) is 1. The molecule has 2 bridgehead atoms. The van der Waals surface area contributed by atoms with Crippen LogP contribution in [0.3, 0.4) is 0 Å². The van der Waals surface area contributed by atoms with E-state index in [-0.39, 0.29) is 19.0 Å². The number of benzene rings is 1. The summed E-state index contributed by atoms with van der Waals surface area (Å²) in [6.07, 6.45) is 5.69. The minimum atomic E-state index is 0.0482. The van der Waals surface area contributed by atoms with Crippen molar-refractivity contribution in [3.8, 4) is 17.0 Å². The first-order chi connectivity index (χ1) is 12.7. The van der Waals surface area contributed by atoms with Crippen molar-refractivity contribution in [3.05, 3.63) is 34.9 Å². The molecular formula is C20H23N3O3. The van der Waals surface area contributed by atoms with E-state index in [9.17, 15) is 0 Å². The monoisotopic (exact) mass is 353 g/mol. The van der Waals surface area contributed by atoms with Crippen molar-refractivity contribution in [2.24, 2.45) is 0 Å². The molecule has 6 nitrogen and oxygen atoms in total. The third-order valence-corrected chi connectivity index (χ3v) is 5.65. The van der Waals surface area contributed by atoms with E-state index in [1.807, 2.05) is 0 Å². The van der Waals surface area contributed by atoms with Crippen LogP contribution in [-0.4, -0.2) is 30.2 Å². The molecule has 5 rings (SSSR count). The average molecular weight is 353 g/mol. The standard InChI is InChI=1S/C20H23N3O3/c1-24-10-25-17-8-12(11-2-3-11)4-6-14(17)19-15-9-13-5-7-16(26-13)18(15)20(21)23-22-19/h4,6,8,11,13,16H,2-3,5,7,9-10H2,1H3,(H2,21,23). The summed E-state index contributed by atoms with van der Waals surface area (Å²) in [5.41, 5.74) is 11.5. The van der Waals surface area contributed by atoms with Gasteiger partial charge in [-0.05, 0) is 54.9 Å². The third kappa shape index (κ3) is 2.64. The highest BCUT2D eigenvalue weighted by molar-refractivity contribution is 5.73. The van der Waals surface area contributed by atoms with Crippen LogP contribution in [0, 0.1) is 0 Å². The van der Waals surface area contributed by atoms with Gasteiger partial charge in [-0.15, -0.1) is 10.2 Å². The van der Waals surface area contributed by atoms with Gasteiger partial charge in [0, 0.05) is 24.7 Å². The predicted octanol–water partition coefficient (Wildman–Crippen LogP) is 3.36. The Morgan fingerprint density at radius 2 is 2.08 bits per heavy atom. The molecule has 1 saturated heterocycles. The Kier molecular flexibility index (Phi) is 3.83. The molecule has 1 aliphatic carbocycles. The van der Waals surface area contributed by atoms with E-state index in [0.717, 1.165) is 47.4 Å². The number of ether oxygens (including phenoxy) is 3. The van der Waals surface area contributed by atoms with Gasteiger partial charge in [0.15, 0.2) is 12.6 Å². The molecule has 6 heteroatoms. The Balaban J connectivity index is 1.63. The fourth-order valence-corrected chi connectivity index (χ4v) is 4.23. The zero-order valence-electron chi connectivity index (χ0n) is 14.9. The molecule has 1 aromatic carbocycles. The third-order valence-electron chi connectivity index (χ3n) is 5.65. The normalized spacial score (nSPS) is 23.7. The van der Waals surface area contributed by atoms with Crippen LogP contribution in [0.5, 0.6) is 5.75 Å². The second kappa shape index (κ2) is 6.21. The highest BCUT2D eigenvalue weighted by Crippen LogP contribution is 2.47. The van der Waals surface area contributed by atoms with E-state index in [0.29, 0.717) is 11.7 Å². The number of nitrogen functional groups attached to an aromatic ring is 1. The molecule has 2 N–H and O–H groups in total. The minimum Gasteiger partial charge on any atom is -0.467 e. The van der Waals surface area contributed by atoms with E-state index in [4.69, 9.17) is 19.9 Å². The van der Waals surface area contributed by atoms with E-state index >= 15 is 0 Å². The fourth-order valence-electron chi connectivity index (χ4n) is 4.23. The van der Waals surface area contributed by atoms with Crippen LogP contribution in [0.4, 0.5) is 5.82 Å². The lowest BCUT2D eigenvalue weighted by atomic mass is 9.93. The van der Waals surface area contributed by atoms with Gasteiger partial charge in [-0.25, -0.2) is 0 Å². The molecule has 2 aromatic rings. The summed E-state index contributed by atoms with van der Waals surface area (Å²) in [5, 5.41) is 8.70. The Hall–Kier alpha value is -2.18. The Bertz CT molecular complexity index is 850. The summed E-state index contributed by atoms with van der Waals surface area (Å²) >= 11 is 0. The Labute approximate surface area is 152 Å². The van der Waals surface area contributed by atoms with Crippen molar-refractivity contribution < 1.29 is 14.2 Å². The van der Waals surface area contributed by atoms with Crippen LogP contribution >= 0.6 is 0 Å². The minimum absolute atomic E-state index is 0.0482. The van der Waals surface area contributed by atoms with Crippen molar-refractivity contribution in [1.29, 1.82) is 0 Å². The molecule has 2 unspecified atom stereocenters. The zero-order chi connectivity index (χ0) is 17.7. The lowest BCUT2D eigenvalue weighted by Gasteiger charge is -2.26. The topological polar surface area (TPSA) is 79.5 Å². The zero-order valence-corrected chi connectivity index (χ0v) is 14.9. The summed E-state index contributed by atoms with van der Waals surface area (Å²) in [4.78, 5) is 0. The Morgan fingerprint density at radius 1 is 1.19 bits per heavy atom. The first-order valence-corrected chi connectivity index (χ1v) is 9.31. The number of methoxy groups -OCH3 is 1. The highest BCUT2D eigenvalue weighted by atomic mass is 16.7. The van der Waals surface area contributed by atoms with Gasteiger partial charge >= 0.3 is 0 Å². The van der Waals surface area contributed by atoms with Gasteiger partial charge in [-0.2, -0.15) is 0 Å². The highest BCUT2D eigenvalue weighted by Gasteiger charge is 2.38. The van der Waals surface area contributed by atoms with Gasteiger partial charge in [0.05, 0.1) is 12.2 Å². The first-order valence-electron chi connectivity index (χ1n) is 9.31. The van der Waals surface area contributed by atoms with Gasteiger partial charge in [-0.3, -0.25) is 0 Å². The maximum atomic E-state index is 6.16. The predicted molar refractivity (Wildman–Crippen MR) is 96.9 cm³/mol. The van der Waals surface area contributed by atoms with E-state index in [2.05, 4.69) is 28.4 Å². The number of fused-ring (bicyclic) bond motifs is 4. The van der Waals surface area contributed by atoms with Crippen molar-refractivity contribution in [1.82, 2.24) is 10.2 Å². The lowest BCUT2D eigenvalue weighted by molar-refractivity contribution is 0.0326. The average Bonchev–Trinajstić information content (AvgIpc) is 3.44.